The third-order valence-corrected chi connectivity index (χ3v) is 9.80. The largest absolute Gasteiger partial charge is 0.379 e. The predicted molar refractivity (Wildman–Crippen MR) is 99.7 cm³/mol. The van der Waals surface area contributed by atoms with Crippen molar-refractivity contribution in [1.29, 1.82) is 0 Å². The molecule has 26 heavy (non-hydrogen) atoms. The Kier molecular flexibility index (Phi) is 5.32. The third-order valence-electron chi connectivity index (χ3n) is 7.19. The third kappa shape index (κ3) is 3.42. The van der Waals surface area contributed by atoms with E-state index in [2.05, 4.69) is 4.90 Å². The summed E-state index contributed by atoms with van der Waals surface area (Å²) < 4.78 is 30.3. The summed E-state index contributed by atoms with van der Waals surface area (Å²) in [6, 6.07) is 0. The lowest BCUT2D eigenvalue weighted by Gasteiger charge is -2.51. The summed E-state index contributed by atoms with van der Waals surface area (Å²) in [4.78, 5) is 16.7. The molecule has 148 valence electrons. The average molecular weight is 385 g/mol. The van der Waals surface area contributed by atoms with E-state index in [1.54, 1.807) is 0 Å². The Balaban J connectivity index is 1.34. The number of rotatable bonds is 5. The number of sulfone groups is 1. The van der Waals surface area contributed by atoms with Gasteiger partial charge in [-0.25, -0.2) is 8.42 Å². The van der Waals surface area contributed by atoms with Crippen LogP contribution in [-0.2, 0) is 19.4 Å². The number of carbonyl (C=O) groups is 1. The van der Waals surface area contributed by atoms with Crippen LogP contribution < -0.4 is 0 Å². The van der Waals surface area contributed by atoms with Crippen LogP contribution >= 0.6 is 0 Å². The number of amides is 1. The highest BCUT2D eigenvalue weighted by molar-refractivity contribution is 7.93. The standard InChI is InChI=1S/C19H32N2O4S/c22-18(6-5-16-3-1-2-4-16)21-14-19(15-21)17(7-12-26(19,23)24)13-20-8-10-25-11-9-20/h16-17H,1-15H2. The van der Waals surface area contributed by atoms with E-state index >= 15 is 0 Å². The van der Waals surface area contributed by atoms with Crippen molar-refractivity contribution in [2.24, 2.45) is 11.8 Å². The second-order valence-corrected chi connectivity index (χ2v) is 11.2. The maximum absolute atomic E-state index is 12.8. The molecule has 1 unspecified atom stereocenters. The maximum atomic E-state index is 12.8. The molecule has 3 heterocycles. The lowest BCUT2D eigenvalue weighted by Crippen LogP contribution is -2.69. The van der Waals surface area contributed by atoms with Crippen LogP contribution in [0.4, 0.5) is 0 Å². The van der Waals surface area contributed by atoms with E-state index in [4.69, 9.17) is 4.74 Å². The van der Waals surface area contributed by atoms with Crippen molar-refractivity contribution in [2.45, 2.75) is 49.7 Å². The maximum Gasteiger partial charge on any atom is 0.222 e. The molecule has 3 aliphatic heterocycles. The lowest BCUT2D eigenvalue weighted by molar-refractivity contribution is -0.138. The SMILES string of the molecule is O=C(CCC1CCCC1)N1CC2(C1)C(CN1CCOCC1)CCS2(=O)=O. The molecule has 0 N–H and O–H groups in total. The summed E-state index contributed by atoms with van der Waals surface area (Å²) in [5, 5.41) is 0. The Bertz CT molecular complexity index is 617. The zero-order chi connectivity index (χ0) is 18.2. The first-order valence-electron chi connectivity index (χ1n) is 10.3. The van der Waals surface area contributed by atoms with Crippen molar-refractivity contribution in [3.63, 3.8) is 0 Å². The molecular weight excluding hydrogens is 352 g/mol. The highest BCUT2D eigenvalue weighted by Crippen LogP contribution is 2.45. The monoisotopic (exact) mass is 384 g/mol. The Labute approximate surface area is 157 Å². The quantitative estimate of drug-likeness (QED) is 0.715. The van der Waals surface area contributed by atoms with Gasteiger partial charge in [-0.3, -0.25) is 9.69 Å². The molecule has 4 aliphatic rings. The van der Waals surface area contributed by atoms with Gasteiger partial charge in [-0.2, -0.15) is 0 Å². The van der Waals surface area contributed by atoms with Crippen LogP contribution in [0.3, 0.4) is 0 Å². The van der Waals surface area contributed by atoms with E-state index in [9.17, 15) is 13.2 Å². The number of morpholine rings is 1. The highest BCUT2D eigenvalue weighted by Gasteiger charge is 2.62. The molecular formula is C19H32N2O4S. The Morgan fingerprint density at radius 3 is 2.46 bits per heavy atom. The first-order valence-corrected chi connectivity index (χ1v) is 12.0. The molecule has 0 aromatic rings. The van der Waals surface area contributed by atoms with Gasteiger partial charge >= 0.3 is 0 Å². The minimum Gasteiger partial charge on any atom is -0.379 e. The van der Waals surface area contributed by atoms with Crippen LogP contribution in [0.1, 0.15) is 44.9 Å². The average Bonchev–Trinajstić information content (AvgIpc) is 3.19. The van der Waals surface area contributed by atoms with Gasteiger partial charge in [0.05, 0.1) is 19.0 Å². The van der Waals surface area contributed by atoms with Gasteiger partial charge in [0.25, 0.3) is 0 Å². The van der Waals surface area contributed by atoms with Crippen LogP contribution in [0.5, 0.6) is 0 Å². The van der Waals surface area contributed by atoms with E-state index in [1.165, 1.54) is 25.7 Å². The zero-order valence-electron chi connectivity index (χ0n) is 15.7. The molecule has 1 saturated carbocycles. The number of ether oxygens (including phenoxy) is 1. The van der Waals surface area contributed by atoms with Gasteiger partial charge in [-0.15, -0.1) is 0 Å². The fourth-order valence-corrected chi connectivity index (χ4v) is 7.79. The minimum atomic E-state index is -3.10. The Hall–Kier alpha value is -0.660. The zero-order valence-corrected chi connectivity index (χ0v) is 16.5. The molecule has 0 aromatic heterocycles. The molecule has 0 bridgehead atoms. The second-order valence-electron chi connectivity index (χ2n) is 8.72. The van der Waals surface area contributed by atoms with Crippen molar-refractivity contribution in [3.8, 4) is 0 Å². The summed E-state index contributed by atoms with van der Waals surface area (Å²) in [7, 11) is -3.10. The summed E-state index contributed by atoms with van der Waals surface area (Å²) in [6.07, 6.45) is 7.42. The predicted octanol–water partition coefficient (Wildman–Crippen LogP) is 1.30. The fraction of sp³-hybridized carbons (Fsp3) is 0.947. The molecule has 4 rings (SSSR count). The Morgan fingerprint density at radius 2 is 1.77 bits per heavy atom. The van der Waals surface area contributed by atoms with E-state index in [-0.39, 0.29) is 17.6 Å². The van der Waals surface area contributed by atoms with Crippen LogP contribution in [0, 0.1) is 11.8 Å². The normalized spacial score (nSPS) is 31.4. The second kappa shape index (κ2) is 7.40. The molecule has 0 radical (unpaired) electrons. The van der Waals surface area contributed by atoms with Gasteiger partial charge in [0.1, 0.15) is 4.75 Å². The molecule has 1 spiro atoms. The molecule has 4 fully saturated rings. The van der Waals surface area contributed by atoms with Crippen LogP contribution in [0.25, 0.3) is 0 Å². The van der Waals surface area contributed by atoms with Gasteiger partial charge < -0.3 is 9.64 Å². The first kappa shape index (κ1) is 18.7. The number of nitrogens with zero attached hydrogens (tertiary/aromatic N) is 2. The molecule has 6 nitrogen and oxygen atoms in total. The number of hydrogen-bond donors (Lipinski definition) is 0. The molecule has 1 atom stereocenters. The van der Waals surface area contributed by atoms with E-state index in [0.29, 0.717) is 25.4 Å². The van der Waals surface area contributed by atoms with Crippen molar-refractivity contribution in [3.05, 3.63) is 0 Å². The van der Waals surface area contributed by atoms with Crippen LogP contribution in [0.15, 0.2) is 0 Å². The summed E-state index contributed by atoms with van der Waals surface area (Å²) in [6.45, 7) is 4.91. The van der Waals surface area contributed by atoms with Crippen LogP contribution in [-0.4, -0.2) is 80.6 Å². The van der Waals surface area contributed by atoms with E-state index in [1.807, 2.05) is 4.90 Å². The van der Waals surface area contributed by atoms with Gasteiger partial charge in [0.15, 0.2) is 9.84 Å². The number of likely N-dealkylation sites (tertiary alicyclic amines) is 1. The summed E-state index contributed by atoms with van der Waals surface area (Å²) in [5.74, 6) is 1.31. The number of carbonyl (C=O) groups excluding carboxylic acids is 1. The number of hydrogen-bond acceptors (Lipinski definition) is 5. The van der Waals surface area contributed by atoms with Crippen LogP contribution in [0.2, 0.25) is 0 Å². The molecule has 1 aliphatic carbocycles. The first-order chi connectivity index (χ1) is 12.5. The minimum absolute atomic E-state index is 0.157. The topological polar surface area (TPSA) is 66.9 Å². The molecule has 3 saturated heterocycles. The van der Waals surface area contributed by atoms with Crippen molar-refractivity contribution in [1.82, 2.24) is 9.80 Å². The molecule has 0 aromatic carbocycles. The molecule has 1 amide bonds. The van der Waals surface area contributed by atoms with Crippen molar-refractivity contribution in [2.75, 3.05) is 51.7 Å². The molecule has 7 heteroatoms. The highest BCUT2D eigenvalue weighted by atomic mass is 32.2. The van der Waals surface area contributed by atoms with Gasteiger partial charge in [0, 0.05) is 39.1 Å². The Morgan fingerprint density at radius 1 is 1.08 bits per heavy atom. The summed E-state index contributed by atoms with van der Waals surface area (Å²) in [5.41, 5.74) is 0. The summed E-state index contributed by atoms with van der Waals surface area (Å²) >= 11 is 0. The van der Waals surface area contributed by atoms with E-state index in [0.717, 1.165) is 45.7 Å². The van der Waals surface area contributed by atoms with Gasteiger partial charge in [0.2, 0.25) is 5.91 Å². The van der Waals surface area contributed by atoms with Crippen molar-refractivity contribution >= 4 is 15.7 Å². The lowest BCUT2D eigenvalue weighted by atomic mass is 9.82. The fourth-order valence-electron chi connectivity index (χ4n) is 5.39. The van der Waals surface area contributed by atoms with Gasteiger partial charge in [-0.1, -0.05) is 25.7 Å². The van der Waals surface area contributed by atoms with Crippen molar-refractivity contribution < 1.29 is 17.9 Å². The smallest absolute Gasteiger partial charge is 0.222 e. The van der Waals surface area contributed by atoms with E-state index < -0.39 is 14.6 Å². The van der Waals surface area contributed by atoms with Gasteiger partial charge in [-0.05, 0) is 24.7 Å².